The van der Waals surface area contributed by atoms with Crippen molar-refractivity contribution in [3.05, 3.63) is 54.6 Å². The van der Waals surface area contributed by atoms with E-state index in [1.807, 2.05) is 54.6 Å². The van der Waals surface area contributed by atoms with Gasteiger partial charge in [-0.25, -0.2) is 0 Å². The second-order valence-electron chi connectivity index (χ2n) is 6.68. The van der Waals surface area contributed by atoms with E-state index in [-0.39, 0.29) is 11.8 Å². The van der Waals surface area contributed by atoms with E-state index in [4.69, 9.17) is 9.15 Å². The molecule has 4 rings (SSSR count). The van der Waals surface area contributed by atoms with Crippen molar-refractivity contribution in [1.82, 2.24) is 10.3 Å². The predicted octanol–water partition coefficient (Wildman–Crippen LogP) is 3.24. The molecule has 0 spiro atoms. The van der Waals surface area contributed by atoms with Gasteiger partial charge in [0, 0.05) is 19.0 Å². The van der Waals surface area contributed by atoms with Crippen LogP contribution in [-0.4, -0.2) is 37.1 Å². The SMILES string of the molecule is O=C(NCCOc1ccccc1)C1CCN(c2nc3ccccc3o2)CC1. The zero-order valence-corrected chi connectivity index (χ0v) is 15.1. The summed E-state index contributed by atoms with van der Waals surface area (Å²) in [6, 6.07) is 18.0. The van der Waals surface area contributed by atoms with Crippen LogP contribution in [0.4, 0.5) is 6.01 Å². The van der Waals surface area contributed by atoms with Crippen LogP contribution < -0.4 is 15.0 Å². The summed E-state index contributed by atoms with van der Waals surface area (Å²) in [6.45, 7) is 2.52. The lowest BCUT2D eigenvalue weighted by Crippen LogP contribution is -2.41. The van der Waals surface area contributed by atoms with Crippen molar-refractivity contribution in [1.29, 1.82) is 0 Å². The quantitative estimate of drug-likeness (QED) is 0.679. The lowest BCUT2D eigenvalue weighted by molar-refractivity contribution is -0.125. The second kappa shape index (κ2) is 8.12. The van der Waals surface area contributed by atoms with E-state index in [1.165, 1.54) is 0 Å². The summed E-state index contributed by atoms with van der Waals surface area (Å²) in [4.78, 5) is 19.0. The molecule has 1 aliphatic rings. The molecule has 0 unspecified atom stereocenters. The maximum absolute atomic E-state index is 12.4. The standard InChI is InChI=1S/C21H23N3O3/c25-20(22-12-15-26-17-6-2-1-3-7-17)16-10-13-24(14-11-16)21-23-18-8-4-5-9-19(18)27-21/h1-9,16H,10-15H2,(H,22,25). The molecular formula is C21H23N3O3. The third-order valence-electron chi connectivity index (χ3n) is 4.83. The summed E-state index contributed by atoms with van der Waals surface area (Å²) in [7, 11) is 0. The predicted molar refractivity (Wildman–Crippen MR) is 104 cm³/mol. The maximum Gasteiger partial charge on any atom is 0.298 e. The Morgan fingerprint density at radius 3 is 2.63 bits per heavy atom. The molecule has 1 fully saturated rings. The van der Waals surface area contributed by atoms with Crippen LogP contribution in [0.5, 0.6) is 5.75 Å². The van der Waals surface area contributed by atoms with Crippen molar-refractivity contribution in [2.45, 2.75) is 12.8 Å². The van der Waals surface area contributed by atoms with E-state index in [0.717, 1.165) is 42.8 Å². The number of benzene rings is 2. The Kier molecular flexibility index (Phi) is 5.23. The zero-order valence-electron chi connectivity index (χ0n) is 15.1. The van der Waals surface area contributed by atoms with Gasteiger partial charge >= 0.3 is 0 Å². The largest absolute Gasteiger partial charge is 0.492 e. The molecule has 2 heterocycles. The molecule has 1 aromatic heterocycles. The molecule has 1 N–H and O–H groups in total. The average Bonchev–Trinajstić information content (AvgIpc) is 3.16. The average molecular weight is 365 g/mol. The minimum absolute atomic E-state index is 0.0300. The number of carbonyl (C=O) groups excluding carboxylic acids is 1. The van der Waals surface area contributed by atoms with E-state index in [0.29, 0.717) is 19.2 Å². The van der Waals surface area contributed by atoms with E-state index in [9.17, 15) is 4.79 Å². The topological polar surface area (TPSA) is 67.6 Å². The minimum Gasteiger partial charge on any atom is -0.492 e. The van der Waals surface area contributed by atoms with E-state index >= 15 is 0 Å². The third-order valence-corrected chi connectivity index (χ3v) is 4.83. The minimum atomic E-state index is 0.0300. The Labute approximate surface area is 158 Å². The number of nitrogens with one attached hydrogen (secondary N) is 1. The summed E-state index contributed by atoms with van der Waals surface area (Å²) >= 11 is 0. The number of rotatable bonds is 6. The van der Waals surface area contributed by atoms with Gasteiger partial charge in [-0.1, -0.05) is 30.3 Å². The Hall–Kier alpha value is -3.02. The van der Waals surface area contributed by atoms with Crippen LogP contribution in [0.25, 0.3) is 11.1 Å². The summed E-state index contributed by atoms with van der Waals surface area (Å²) in [5, 5.41) is 2.98. The smallest absolute Gasteiger partial charge is 0.298 e. The van der Waals surface area contributed by atoms with Gasteiger partial charge in [-0.05, 0) is 37.1 Å². The number of amides is 1. The molecule has 0 atom stereocenters. The van der Waals surface area contributed by atoms with Gasteiger partial charge in [-0.3, -0.25) is 4.79 Å². The first-order valence-corrected chi connectivity index (χ1v) is 9.36. The monoisotopic (exact) mass is 365 g/mol. The van der Waals surface area contributed by atoms with E-state index < -0.39 is 0 Å². The van der Waals surface area contributed by atoms with Crippen molar-refractivity contribution in [2.75, 3.05) is 31.1 Å². The number of hydrogen-bond acceptors (Lipinski definition) is 5. The van der Waals surface area contributed by atoms with Crippen molar-refractivity contribution in [2.24, 2.45) is 5.92 Å². The van der Waals surface area contributed by atoms with Crippen molar-refractivity contribution in [3.63, 3.8) is 0 Å². The van der Waals surface area contributed by atoms with Crippen LogP contribution in [0.1, 0.15) is 12.8 Å². The fraction of sp³-hybridized carbons (Fsp3) is 0.333. The van der Waals surface area contributed by atoms with Crippen LogP contribution in [0.2, 0.25) is 0 Å². The fourth-order valence-corrected chi connectivity index (χ4v) is 3.33. The number of anilines is 1. The number of para-hydroxylation sites is 3. The molecule has 140 valence electrons. The van der Waals surface area contributed by atoms with Crippen LogP contribution in [-0.2, 0) is 4.79 Å². The number of piperidine rings is 1. The Balaban J connectivity index is 1.22. The van der Waals surface area contributed by atoms with Gasteiger partial charge in [0.05, 0.1) is 6.54 Å². The number of carbonyl (C=O) groups is 1. The number of nitrogens with zero attached hydrogens (tertiary/aromatic N) is 2. The lowest BCUT2D eigenvalue weighted by atomic mass is 9.96. The highest BCUT2D eigenvalue weighted by Gasteiger charge is 2.27. The molecule has 6 nitrogen and oxygen atoms in total. The Bertz CT molecular complexity index is 853. The summed E-state index contributed by atoms with van der Waals surface area (Å²) in [6.07, 6.45) is 1.59. The molecule has 0 saturated carbocycles. The molecule has 1 amide bonds. The van der Waals surface area contributed by atoms with Crippen LogP contribution in [0, 0.1) is 5.92 Å². The molecule has 0 radical (unpaired) electrons. The molecule has 0 aliphatic carbocycles. The number of oxazole rings is 1. The Morgan fingerprint density at radius 2 is 1.85 bits per heavy atom. The summed E-state index contributed by atoms with van der Waals surface area (Å²) in [5.41, 5.74) is 1.66. The highest BCUT2D eigenvalue weighted by Crippen LogP contribution is 2.26. The first-order valence-electron chi connectivity index (χ1n) is 9.36. The highest BCUT2D eigenvalue weighted by molar-refractivity contribution is 5.79. The molecule has 27 heavy (non-hydrogen) atoms. The molecule has 3 aromatic rings. The summed E-state index contributed by atoms with van der Waals surface area (Å²) < 4.78 is 11.4. The van der Waals surface area contributed by atoms with Gasteiger partial charge in [0.2, 0.25) is 5.91 Å². The van der Waals surface area contributed by atoms with Crippen LogP contribution in [0.15, 0.2) is 59.0 Å². The molecule has 2 aromatic carbocycles. The van der Waals surface area contributed by atoms with E-state index in [2.05, 4.69) is 15.2 Å². The number of fused-ring (bicyclic) bond motifs is 1. The van der Waals surface area contributed by atoms with Crippen molar-refractivity contribution in [3.8, 4) is 5.75 Å². The molecule has 1 aliphatic heterocycles. The van der Waals surface area contributed by atoms with Crippen molar-refractivity contribution < 1.29 is 13.9 Å². The number of hydrogen-bond donors (Lipinski definition) is 1. The maximum atomic E-state index is 12.4. The first-order chi connectivity index (χ1) is 13.3. The normalized spacial score (nSPS) is 15.0. The summed E-state index contributed by atoms with van der Waals surface area (Å²) in [5.74, 6) is 0.949. The van der Waals surface area contributed by atoms with Crippen LogP contribution in [0.3, 0.4) is 0 Å². The van der Waals surface area contributed by atoms with Gasteiger partial charge < -0.3 is 19.4 Å². The van der Waals surface area contributed by atoms with Crippen LogP contribution >= 0.6 is 0 Å². The molecule has 1 saturated heterocycles. The molecule has 6 heteroatoms. The van der Waals surface area contributed by atoms with Gasteiger partial charge in [0.25, 0.3) is 6.01 Å². The second-order valence-corrected chi connectivity index (χ2v) is 6.68. The van der Waals surface area contributed by atoms with Gasteiger partial charge in [0.1, 0.15) is 17.9 Å². The number of aromatic nitrogens is 1. The number of ether oxygens (including phenoxy) is 1. The first kappa shape index (κ1) is 17.4. The van der Waals surface area contributed by atoms with Gasteiger partial charge in [0.15, 0.2) is 5.58 Å². The third kappa shape index (κ3) is 4.22. The Morgan fingerprint density at radius 1 is 1.11 bits per heavy atom. The molecular weight excluding hydrogens is 342 g/mol. The zero-order chi connectivity index (χ0) is 18.5. The molecule has 0 bridgehead atoms. The fourth-order valence-electron chi connectivity index (χ4n) is 3.33. The highest BCUT2D eigenvalue weighted by atomic mass is 16.5. The lowest BCUT2D eigenvalue weighted by Gasteiger charge is -2.30. The van der Waals surface area contributed by atoms with Gasteiger partial charge in [-0.15, -0.1) is 0 Å². The van der Waals surface area contributed by atoms with E-state index in [1.54, 1.807) is 0 Å². The van der Waals surface area contributed by atoms with Crippen molar-refractivity contribution >= 4 is 23.0 Å². The van der Waals surface area contributed by atoms with Gasteiger partial charge in [-0.2, -0.15) is 4.98 Å².